The lowest BCUT2D eigenvalue weighted by molar-refractivity contribution is 0.474. The Hall–Kier alpha value is -1.57. The first-order valence-electron chi connectivity index (χ1n) is 3.81. The van der Waals surface area contributed by atoms with Crippen molar-refractivity contribution in [2.24, 2.45) is 0 Å². The minimum absolute atomic E-state index is 0.216. The van der Waals surface area contributed by atoms with Gasteiger partial charge in [-0.25, -0.2) is 0 Å². The molecule has 0 aliphatic rings. The molecular formula is C10H9NO. The Morgan fingerprint density at radius 3 is 2.92 bits per heavy atom. The lowest BCUT2D eigenvalue weighted by Gasteiger charge is -1.98. The largest absolute Gasteiger partial charge is 0.506 e. The van der Waals surface area contributed by atoms with Gasteiger partial charge in [-0.2, -0.15) is 0 Å². The molecule has 0 radical (unpaired) electrons. The van der Waals surface area contributed by atoms with Gasteiger partial charge < -0.3 is 5.11 Å². The molecule has 2 aromatic rings. The third-order valence-electron chi connectivity index (χ3n) is 1.82. The summed E-state index contributed by atoms with van der Waals surface area (Å²) in [6.07, 6.45) is 1.46. The van der Waals surface area contributed by atoms with Gasteiger partial charge in [0.1, 0.15) is 5.75 Å². The molecule has 0 amide bonds. The number of aromatic nitrogens is 1. The van der Waals surface area contributed by atoms with Crippen molar-refractivity contribution in [1.82, 2.24) is 4.98 Å². The second-order valence-corrected chi connectivity index (χ2v) is 2.89. The van der Waals surface area contributed by atoms with E-state index in [0.717, 1.165) is 10.9 Å². The lowest BCUT2D eigenvalue weighted by Crippen LogP contribution is -1.79. The average Bonchev–Trinajstić information content (AvgIpc) is 2.03. The highest BCUT2D eigenvalue weighted by Gasteiger charge is 1.95. The fraction of sp³-hybridized carbons (Fsp3) is 0.100. The molecule has 60 valence electrons. The molecule has 0 unspecified atom stereocenters. The smallest absolute Gasteiger partial charge is 0.134 e. The van der Waals surface area contributed by atoms with Crippen LogP contribution in [0.3, 0.4) is 0 Å². The van der Waals surface area contributed by atoms with Gasteiger partial charge in [0.2, 0.25) is 0 Å². The van der Waals surface area contributed by atoms with Crippen LogP contribution >= 0.6 is 0 Å². The van der Waals surface area contributed by atoms with Gasteiger partial charge >= 0.3 is 0 Å². The van der Waals surface area contributed by atoms with Crippen LogP contribution in [0.15, 0.2) is 30.5 Å². The first-order chi connectivity index (χ1) is 5.75. The maximum absolute atomic E-state index is 9.16. The number of hydrogen-bond donors (Lipinski definition) is 1. The lowest BCUT2D eigenvalue weighted by atomic mass is 10.1. The van der Waals surface area contributed by atoms with Gasteiger partial charge in [0.05, 0.1) is 11.7 Å². The predicted molar refractivity (Wildman–Crippen MR) is 48.1 cm³/mol. The molecule has 2 nitrogen and oxygen atoms in total. The summed E-state index contributed by atoms with van der Waals surface area (Å²) in [5.74, 6) is 0.216. The maximum Gasteiger partial charge on any atom is 0.134 e. The van der Waals surface area contributed by atoms with Crippen LogP contribution in [0.4, 0.5) is 0 Å². The highest BCUT2D eigenvalue weighted by Crippen LogP contribution is 2.17. The van der Waals surface area contributed by atoms with Gasteiger partial charge in [0.15, 0.2) is 0 Å². The Labute approximate surface area is 70.5 Å². The molecule has 0 aliphatic heterocycles. The van der Waals surface area contributed by atoms with Crippen LogP contribution in [-0.4, -0.2) is 10.1 Å². The zero-order chi connectivity index (χ0) is 8.55. The maximum atomic E-state index is 9.16. The molecule has 1 aromatic carbocycles. The average molecular weight is 159 g/mol. The Morgan fingerprint density at radius 2 is 2.08 bits per heavy atom. The van der Waals surface area contributed by atoms with Crippen molar-refractivity contribution in [2.75, 3.05) is 0 Å². The van der Waals surface area contributed by atoms with Crippen LogP contribution in [-0.2, 0) is 0 Å². The van der Waals surface area contributed by atoms with E-state index in [1.54, 1.807) is 6.07 Å². The summed E-state index contributed by atoms with van der Waals surface area (Å²) in [5, 5.41) is 10.1. The van der Waals surface area contributed by atoms with Crippen molar-refractivity contribution < 1.29 is 5.11 Å². The van der Waals surface area contributed by atoms with Crippen molar-refractivity contribution in [3.05, 3.63) is 36.0 Å². The van der Waals surface area contributed by atoms with Crippen molar-refractivity contribution in [1.29, 1.82) is 0 Å². The Morgan fingerprint density at radius 1 is 1.25 bits per heavy atom. The van der Waals surface area contributed by atoms with E-state index in [1.165, 1.54) is 11.8 Å². The van der Waals surface area contributed by atoms with E-state index >= 15 is 0 Å². The molecule has 2 heteroatoms. The summed E-state index contributed by atoms with van der Waals surface area (Å²) >= 11 is 0. The number of nitrogens with zero attached hydrogens (tertiary/aromatic N) is 1. The van der Waals surface area contributed by atoms with E-state index in [1.807, 2.05) is 25.1 Å². The molecule has 2 rings (SSSR count). The van der Waals surface area contributed by atoms with Gasteiger partial charge in [0, 0.05) is 5.39 Å². The summed E-state index contributed by atoms with van der Waals surface area (Å²) in [6, 6.07) is 7.67. The second kappa shape index (κ2) is 2.48. The molecule has 1 aromatic heterocycles. The first-order valence-corrected chi connectivity index (χ1v) is 3.81. The fourth-order valence-electron chi connectivity index (χ4n) is 1.24. The number of fused-ring (bicyclic) bond motifs is 1. The van der Waals surface area contributed by atoms with Gasteiger partial charge in [-0.15, -0.1) is 0 Å². The number of pyridine rings is 1. The fourth-order valence-corrected chi connectivity index (χ4v) is 1.24. The van der Waals surface area contributed by atoms with Gasteiger partial charge in [-0.05, 0) is 25.1 Å². The minimum Gasteiger partial charge on any atom is -0.506 e. The Kier molecular flexibility index (Phi) is 1.47. The normalized spacial score (nSPS) is 10.4. The van der Waals surface area contributed by atoms with Crippen LogP contribution in [0.1, 0.15) is 5.56 Å². The molecule has 12 heavy (non-hydrogen) atoms. The van der Waals surface area contributed by atoms with E-state index in [0.29, 0.717) is 0 Å². The van der Waals surface area contributed by atoms with Gasteiger partial charge in [-0.1, -0.05) is 11.6 Å². The topological polar surface area (TPSA) is 33.1 Å². The molecular weight excluding hydrogens is 150 g/mol. The van der Waals surface area contributed by atoms with Crippen LogP contribution in [0.2, 0.25) is 0 Å². The van der Waals surface area contributed by atoms with Crippen molar-refractivity contribution in [3.8, 4) is 5.75 Å². The van der Waals surface area contributed by atoms with Crippen molar-refractivity contribution in [3.63, 3.8) is 0 Å². The molecule has 1 N–H and O–H groups in total. The molecule has 0 bridgehead atoms. The minimum atomic E-state index is 0.216. The summed E-state index contributed by atoms with van der Waals surface area (Å²) in [7, 11) is 0. The molecule has 0 saturated carbocycles. The number of rotatable bonds is 0. The molecule has 1 heterocycles. The van der Waals surface area contributed by atoms with Crippen molar-refractivity contribution in [2.45, 2.75) is 6.92 Å². The summed E-state index contributed by atoms with van der Waals surface area (Å²) in [5.41, 5.74) is 2.09. The summed E-state index contributed by atoms with van der Waals surface area (Å²) in [4.78, 5) is 4.07. The molecule has 0 saturated heterocycles. The second-order valence-electron chi connectivity index (χ2n) is 2.89. The standard InChI is InChI=1S/C10H9NO/c1-7-2-3-10-8(4-7)5-9(12)6-11-10/h2-6,12H,1H3. The zero-order valence-corrected chi connectivity index (χ0v) is 6.78. The molecule has 0 atom stereocenters. The van der Waals surface area contributed by atoms with Crippen LogP contribution < -0.4 is 0 Å². The number of hydrogen-bond acceptors (Lipinski definition) is 2. The zero-order valence-electron chi connectivity index (χ0n) is 6.78. The van der Waals surface area contributed by atoms with Gasteiger partial charge in [-0.3, -0.25) is 4.98 Å². The van der Waals surface area contributed by atoms with E-state index in [9.17, 15) is 0 Å². The van der Waals surface area contributed by atoms with Crippen LogP contribution in [0.25, 0.3) is 10.9 Å². The number of aromatic hydroxyl groups is 1. The van der Waals surface area contributed by atoms with Gasteiger partial charge in [0.25, 0.3) is 0 Å². The first kappa shape index (κ1) is 7.10. The quantitative estimate of drug-likeness (QED) is 0.639. The molecule has 0 aliphatic carbocycles. The Balaban J connectivity index is 2.80. The van der Waals surface area contributed by atoms with Crippen LogP contribution in [0, 0.1) is 6.92 Å². The molecule has 0 spiro atoms. The van der Waals surface area contributed by atoms with E-state index in [2.05, 4.69) is 4.98 Å². The third-order valence-corrected chi connectivity index (χ3v) is 1.82. The SMILES string of the molecule is Cc1ccc2ncc(O)cc2c1. The third kappa shape index (κ3) is 1.11. The summed E-state index contributed by atoms with van der Waals surface area (Å²) < 4.78 is 0. The van der Waals surface area contributed by atoms with Crippen LogP contribution in [0.5, 0.6) is 5.75 Å². The predicted octanol–water partition coefficient (Wildman–Crippen LogP) is 2.25. The number of benzene rings is 1. The van der Waals surface area contributed by atoms with E-state index in [4.69, 9.17) is 5.11 Å². The molecule has 0 fully saturated rings. The van der Waals surface area contributed by atoms with Crippen molar-refractivity contribution >= 4 is 10.9 Å². The Bertz CT molecular complexity index is 386. The highest BCUT2D eigenvalue weighted by molar-refractivity contribution is 5.80. The van der Waals surface area contributed by atoms with E-state index < -0.39 is 0 Å². The monoisotopic (exact) mass is 159 g/mol. The van der Waals surface area contributed by atoms with E-state index in [-0.39, 0.29) is 5.75 Å². The highest BCUT2D eigenvalue weighted by atomic mass is 16.3. The summed E-state index contributed by atoms with van der Waals surface area (Å²) in [6.45, 7) is 2.02. The number of aryl methyl sites for hydroxylation is 1.